The number of benzene rings is 2. The van der Waals surface area contributed by atoms with Gasteiger partial charge in [-0.2, -0.15) is 0 Å². The Bertz CT molecular complexity index is 964. The van der Waals surface area contributed by atoms with Gasteiger partial charge in [-0.15, -0.1) is 0 Å². The first kappa shape index (κ1) is 19.3. The highest BCUT2D eigenvalue weighted by molar-refractivity contribution is 6.32. The summed E-state index contributed by atoms with van der Waals surface area (Å²) in [6, 6.07) is 11.2. The van der Waals surface area contributed by atoms with Crippen LogP contribution in [0.2, 0.25) is 5.02 Å². The molecule has 0 atom stereocenters. The van der Waals surface area contributed by atoms with Gasteiger partial charge in [0.2, 0.25) is 12.7 Å². The first-order valence-corrected chi connectivity index (χ1v) is 9.81. The van der Waals surface area contributed by atoms with Gasteiger partial charge >= 0.3 is 0 Å². The fourth-order valence-corrected chi connectivity index (χ4v) is 3.72. The molecular formula is C22H21ClN2O4. The molecule has 29 heavy (non-hydrogen) atoms. The average Bonchev–Trinajstić information content (AvgIpc) is 3.21. The number of hydrogen-bond acceptors (Lipinski definition) is 5. The molecule has 6 nitrogen and oxygen atoms in total. The van der Waals surface area contributed by atoms with Gasteiger partial charge < -0.3 is 19.3 Å². The first-order chi connectivity index (χ1) is 14.0. The summed E-state index contributed by atoms with van der Waals surface area (Å²) in [5.74, 6) is 1.16. The Morgan fingerprint density at radius 3 is 2.45 bits per heavy atom. The van der Waals surface area contributed by atoms with Gasteiger partial charge in [0, 0.05) is 43.5 Å². The molecule has 0 unspecified atom stereocenters. The average molecular weight is 413 g/mol. The van der Waals surface area contributed by atoms with Crippen LogP contribution in [0.4, 0.5) is 5.69 Å². The maximum Gasteiger partial charge on any atom is 0.246 e. The van der Waals surface area contributed by atoms with E-state index in [1.165, 1.54) is 0 Å². The molecule has 4 rings (SSSR count). The molecule has 0 aromatic heterocycles. The largest absolute Gasteiger partial charge is 0.454 e. The third-order valence-electron chi connectivity index (χ3n) is 5.10. The minimum absolute atomic E-state index is 0.0367. The molecule has 1 amide bonds. The van der Waals surface area contributed by atoms with Crippen molar-refractivity contribution in [3.05, 3.63) is 58.6 Å². The predicted octanol–water partition coefficient (Wildman–Crippen LogP) is 3.63. The monoisotopic (exact) mass is 412 g/mol. The van der Waals surface area contributed by atoms with Gasteiger partial charge in [0.25, 0.3) is 0 Å². The zero-order valence-electron chi connectivity index (χ0n) is 16.1. The summed E-state index contributed by atoms with van der Waals surface area (Å²) >= 11 is 6.18. The molecule has 2 aromatic rings. The van der Waals surface area contributed by atoms with E-state index < -0.39 is 0 Å². The fraction of sp³-hybridized carbons (Fsp3) is 0.273. The molecule has 2 heterocycles. The molecule has 0 aliphatic carbocycles. The van der Waals surface area contributed by atoms with Gasteiger partial charge in [-0.25, -0.2) is 0 Å². The molecule has 2 aliphatic rings. The number of ether oxygens (including phenoxy) is 2. The highest BCUT2D eigenvalue weighted by Gasteiger charge is 2.21. The lowest BCUT2D eigenvalue weighted by atomic mass is 10.1. The summed E-state index contributed by atoms with van der Waals surface area (Å²) in [6.07, 6.45) is 3.30. The summed E-state index contributed by atoms with van der Waals surface area (Å²) < 4.78 is 10.7. The van der Waals surface area contributed by atoms with Crippen LogP contribution >= 0.6 is 11.6 Å². The second-order valence-electron chi connectivity index (χ2n) is 6.99. The highest BCUT2D eigenvalue weighted by Crippen LogP contribution is 2.40. The van der Waals surface area contributed by atoms with Crippen LogP contribution in [-0.4, -0.2) is 49.6 Å². The summed E-state index contributed by atoms with van der Waals surface area (Å²) in [5, 5.41) is 0.469. The molecule has 0 radical (unpaired) electrons. The number of hydrogen-bond donors (Lipinski definition) is 0. The van der Waals surface area contributed by atoms with Crippen molar-refractivity contribution in [2.75, 3.05) is 37.9 Å². The van der Waals surface area contributed by atoms with Gasteiger partial charge in [0.15, 0.2) is 17.3 Å². The normalized spacial score (nSPS) is 15.8. The van der Waals surface area contributed by atoms with Crippen LogP contribution in [0.3, 0.4) is 0 Å². The Hall–Kier alpha value is -2.99. The molecule has 7 heteroatoms. The van der Waals surface area contributed by atoms with E-state index in [1.807, 2.05) is 29.2 Å². The number of anilines is 1. The van der Waals surface area contributed by atoms with Crippen LogP contribution in [0, 0.1) is 0 Å². The van der Waals surface area contributed by atoms with Crippen LogP contribution in [0.15, 0.2) is 42.5 Å². The van der Waals surface area contributed by atoms with E-state index in [-0.39, 0.29) is 18.5 Å². The number of piperazine rings is 1. The number of carbonyl (C=O) groups excluding carboxylic acids is 2. The van der Waals surface area contributed by atoms with Crippen molar-refractivity contribution in [3.63, 3.8) is 0 Å². The maximum atomic E-state index is 12.5. The lowest BCUT2D eigenvalue weighted by Gasteiger charge is -2.35. The third-order valence-corrected chi connectivity index (χ3v) is 5.38. The molecule has 0 bridgehead atoms. The predicted molar refractivity (Wildman–Crippen MR) is 112 cm³/mol. The number of rotatable bonds is 4. The lowest BCUT2D eigenvalue weighted by Crippen LogP contribution is -2.48. The molecule has 150 valence electrons. The van der Waals surface area contributed by atoms with E-state index in [0.29, 0.717) is 35.2 Å². The number of nitrogens with zero attached hydrogens (tertiary/aromatic N) is 2. The van der Waals surface area contributed by atoms with Crippen LogP contribution in [-0.2, 0) is 4.79 Å². The fourth-order valence-electron chi connectivity index (χ4n) is 3.45. The SMILES string of the molecule is CC(=O)c1ccc(N2CCN(C(=O)C=Cc3cc(Cl)c4c(c3)OCO4)CC2)cc1. The van der Waals surface area contributed by atoms with Crippen molar-refractivity contribution in [2.45, 2.75) is 6.92 Å². The molecule has 2 aliphatic heterocycles. The first-order valence-electron chi connectivity index (χ1n) is 9.43. The van der Waals surface area contributed by atoms with Crippen molar-refractivity contribution in [1.82, 2.24) is 4.90 Å². The maximum absolute atomic E-state index is 12.5. The molecule has 1 saturated heterocycles. The zero-order chi connectivity index (χ0) is 20.4. The Morgan fingerprint density at radius 1 is 1.03 bits per heavy atom. The van der Waals surface area contributed by atoms with E-state index in [9.17, 15) is 9.59 Å². The smallest absolute Gasteiger partial charge is 0.246 e. The van der Waals surface area contributed by atoms with E-state index in [4.69, 9.17) is 21.1 Å². The Kier molecular flexibility index (Phi) is 5.45. The quantitative estimate of drug-likeness (QED) is 0.567. The van der Waals surface area contributed by atoms with E-state index in [2.05, 4.69) is 4.90 Å². The van der Waals surface area contributed by atoms with Gasteiger partial charge in [-0.1, -0.05) is 11.6 Å². The number of carbonyl (C=O) groups is 2. The lowest BCUT2D eigenvalue weighted by molar-refractivity contribution is -0.126. The summed E-state index contributed by atoms with van der Waals surface area (Å²) in [7, 11) is 0. The van der Waals surface area contributed by atoms with Gasteiger partial charge in [0.1, 0.15) is 0 Å². The van der Waals surface area contributed by atoms with E-state index in [1.54, 1.807) is 31.2 Å². The Morgan fingerprint density at radius 2 is 1.76 bits per heavy atom. The van der Waals surface area contributed by atoms with Crippen molar-refractivity contribution in [2.24, 2.45) is 0 Å². The Labute approximate surface area is 174 Å². The second kappa shape index (κ2) is 8.17. The molecule has 1 fully saturated rings. The van der Waals surface area contributed by atoms with Crippen LogP contribution in [0.25, 0.3) is 6.08 Å². The van der Waals surface area contributed by atoms with Crippen molar-refractivity contribution < 1.29 is 19.1 Å². The number of Topliss-reactive ketones (excluding diaryl/α,β-unsaturated/α-hetero) is 1. The van der Waals surface area contributed by atoms with Crippen molar-refractivity contribution in [1.29, 1.82) is 0 Å². The van der Waals surface area contributed by atoms with Crippen molar-refractivity contribution >= 4 is 35.1 Å². The number of amides is 1. The standard InChI is InChI=1S/C22H21ClN2O4/c1-15(26)17-3-5-18(6-4-17)24-8-10-25(11-9-24)21(27)7-2-16-12-19(23)22-20(13-16)28-14-29-22/h2-7,12-13H,8-11,14H2,1H3. The molecule has 0 N–H and O–H groups in total. The van der Waals surface area contributed by atoms with Crippen LogP contribution < -0.4 is 14.4 Å². The Balaban J connectivity index is 1.35. The van der Waals surface area contributed by atoms with E-state index >= 15 is 0 Å². The topological polar surface area (TPSA) is 59.1 Å². The van der Waals surface area contributed by atoms with E-state index in [0.717, 1.165) is 24.3 Å². The molecule has 2 aromatic carbocycles. The van der Waals surface area contributed by atoms with Crippen molar-refractivity contribution in [3.8, 4) is 11.5 Å². The van der Waals surface area contributed by atoms with Gasteiger partial charge in [-0.3, -0.25) is 9.59 Å². The summed E-state index contributed by atoms with van der Waals surface area (Å²) in [5.41, 5.74) is 2.56. The highest BCUT2D eigenvalue weighted by atomic mass is 35.5. The molecular weight excluding hydrogens is 392 g/mol. The van der Waals surface area contributed by atoms with Crippen LogP contribution in [0.5, 0.6) is 11.5 Å². The minimum Gasteiger partial charge on any atom is -0.454 e. The van der Waals surface area contributed by atoms with Gasteiger partial charge in [0.05, 0.1) is 5.02 Å². The molecule has 0 spiro atoms. The third kappa shape index (κ3) is 4.22. The number of ketones is 1. The number of fused-ring (bicyclic) bond motifs is 1. The van der Waals surface area contributed by atoms with Gasteiger partial charge in [-0.05, 0) is 55.0 Å². The number of halogens is 1. The summed E-state index contributed by atoms with van der Waals surface area (Å²) in [4.78, 5) is 28.0. The van der Waals surface area contributed by atoms with Crippen LogP contribution in [0.1, 0.15) is 22.8 Å². The second-order valence-corrected chi connectivity index (χ2v) is 7.39. The molecule has 0 saturated carbocycles. The summed E-state index contributed by atoms with van der Waals surface area (Å²) in [6.45, 7) is 4.48. The minimum atomic E-state index is -0.0367. The zero-order valence-corrected chi connectivity index (χ0v) is 16.8.